The average Bonchev–Trinajstić information content (AvgIpc) is 3.10. The fraction of sp³-hybridized carbons (Fsp3) is 0.125. The van der Waals surface area contributed by atoms with E-state index < -0.39 is 0 Å². The lowest BCUT2D eigenvalue weighted by atomic mass is 10.1. The van der Waals surface area contributed by atoms with E-state index in [0.29, 0.717) is 28.1 Å². The summed E-state index contributed by atoms with van der Waals surface area (Å²) >= 11 is 0. The number of aryl methyl sites for hydroxylation is 1. The van der Waals surface area contributed by atoms with Gasteiger partial charge in [-0.05, 0) is 24.4 Å². The molecule has 0 aliphatic heterocycles. The number of fused-ring (bicyclic) bond motifs is 4. The highest BCUT2D eigenvalue weighted by molar-refractivity contribution is 6.08. The number of hydrogen-bond acceptors (Lipinski definition) is 4. The topological polar surface area (TPSA) is 79.2 Å². The van der Waals surface area contributed by atoms with Gasteiger partial charge in [0.05, 0.1) is 17.4 Å². The van der Waals surface area contributed by atoms with Gasteiger partial charge in [0, 0.05) is 23.4 Å². The molecule has 1 amide bonds. The summed E-state index contributed by atoms with van der Waals surface area (Å²) in [5.74, 6) is 0.462. The highest BCUT2D eigenvalue weighted by atomic mass is 16.3. The Bertz CT molecular complexity index is 1500. The number of nitrogens with zero attached hydrogens (tertiary/aromatic N) is 2. The van der Waals surface area contributed by atoms with E-state index in [9.17, 15) is 9.59 Å². The highest BCUT2D eigenvalue weighted by Crippen LogP contribution is 2.32. The Morgan fingerprint density at radius 3 is 2.57 bits per heavy atom. The van der Waals surface area contributed by atoms with E-state index in [1.807, 2.05) is 49.4 Å². The molecular formula is C24H19N3O3. The number of hydrogen-bond donors (Lipinski definition) is 1. The first-order valence-electron chi connectivity index (χ1n) is 9.67. The van der Waals surface area contributed by atoms with E-state index >= 15 is 0 Å². The van der Waals surface area contributed by atoms with Crippen molar-refractivity contribution >= 4 is 38.6 Å². The standard InChI is InChI=1S/C24H19N3O3/c1-14-16-12-11-15-7-3-4-8-17(15)22(16)30-21(14)24(29)27(2)13-20-25-19-10-6-5-9-18(19)23(28)26-20/h3-12H,13H2,1-2H3,(H,25,26,28). The molecule has 0 saturated carbocycles. The van der Waals surface area contributed by atoms with E-state index in [-0.39, 0.29) is 18.0 Å². The van der Waals surface area contributed by atoms with Gasteiger partial charge in [0.1, 0.15) is 11.4 Å². The Labute approximate surface area is 171 Å². The maximum Gasteiger partial charge on any atom is 0.290 e. The van der Waals surface area contributed by atoms with Gasteiger partial charge in [0.15, 0.2) is 5.76 Å². The van der Waals surface area contributed by atoms with Crippen LogP contribution in [0.15, 0.2) is 69.9 Å². The predicted molar refractivity (Wildman–Crippen MR) is 117 cm³/mol. The highest BCUT2D eigenvalue weighted by Gasteiger charge is 2.22. The molecule has 1 N–H and O–H groups in total. The lowest BCUT2D eigenvalue weighted by Crippen LogP contribution is -2.28. The lowest BCUT2D eigenvalue weighted by molar-refractivity contribution is 0.0751. The maximum atomic E-state index is 13.1. The number of H-pyrrole nitrogens is 1. The van der Waals surface area contributed by atoms with Crippen molar-refractivity contribution in [3.05, 3.63) is 88.2 Å². The Balaban J connectivity index is 1.51. The van der Waals surface area contributed by atoms with Crippen molar-refractivity contribution in [2.24, 2.45) is 0 Å². The number of furan rings is 1. The van der Waals surface area contributed by atoms with Crippen molar-refractivity contribution in [1.29, 1.82) is 0 Å². The van der Waals surface area contributed by atoms with Gasteiger partial charge in [0.2, 0.25) is 0 Å². The van der Waals surface area contributed by atoms with Gasteiger partial charge in [-0.3, -0.25) is 9.59 Å². The van der Waals surface area contributed by atoms with Crippen LogP contribution in [0.5, 0.6) is 0 Å². The number of amides is 1. The number of nitrogens with one attached hydrogen (secondary N) is 1. The van der Waals surface area contributed by atoms with E-state index in [0.717, 1.165) is 21.7 Å². The fourth-order valence-corrected chi connectivity index (χ4v) is 3.83. The average molecular weight is 397 g/mol. The van der Waals surface area contributed by atoms with Crippen molar-refractivity contribution in [3.63, 3.8) is 0 Å². The van der Waals surface area contributed by atoms with Gasteiger partial charge in [-0.15, -0.1) is 0 Å². The smallest absolute Gasteiger partial charge is 0.290 e. The normalized spacial score (nSPS) is 11.4. The molecule has 0 atom stereocenters. The molecule has 0 spiro atoms. The van der Waals surface area contributed by atoms with Gasteiger partial charge in [0.25, 0.3) is 11.5 Å². The van der Waals surface area contributed by atoms with Crippen molar-refractivity contribution in [1.82, 2.24) is 14.9 Å². The molecule has 0 saturated heterocycles. The van der Waals surface area contributed by atoms with Crippen molar-refractivity contribution < 1.29 is 9.21 Å². The van der Waals surface area contributed by atoms with Crippen LogP contribution in [0, 0.1) is 6.92 Å². The van der Waals surface area contributed by atoms with Crippen LogP contribution >= 0.6 is 0 Å². The Kier molecular flexibility index (Phi) is 4.13. The molecular weight excluding hydrogens is 378 g/mol. The van der Waals surface area contributed by atoms with E-state index in [1.54, 1.807) is 25.2 Å². The lowest BCUT2D eigenvalue weighted by Gasteiger charge is -2.15. The summed E-state index contributed by atoms with van der Waals surface area (Å²) in [6.45, 7) is 2.05. The van der Waals surface area contributed by atoms with Crippen LogP contribution in [0.3, 0.4) is 0 Å². The molecule has 2 aromatic heterocycles. The van der Waals surface area contributed by atoms with Crippen LogP contribution in [-0.2, 0) is 6.54 Å². The van der Waals surface area contributed by atoms with Crippen LogP contribution < -0.4 is 5.56 Å². The zero-order chi connectivity index (χ0) is 20.8. The number of carbonyl (C=O) groups is 1. The van der Waals surface area contributed by atoms with Crippen LogP contribution in [0.1, 0.15) is 21.9 Å². The number of rotatable bonds is 3. The minimum atomic E-state index is -0.261. The van der Waals surface area contributed by atoms with Gasteiger partial charge in [-0.25, -0.2) is 4.98 Å². The van der Waals surface area contributed by atoms with E-state index in [4.69, 9.17) is 4.42 Å². The van der Waals surface area contributed by atoms with E-state index in [2.05, 4.69) is 9.97 Å². The van der Waals surface area contributed by atoms with Gasteiger partial charge in [-0.2, -0.15) is 0 Å². The van der Waals surface area contributed by atoms with Gasteiger partial charge >= 0.3 is 0 Å². The van der Waals surface area contributed by atoms with Gasteiger partial charge < -0.3 is 14.3 Å². The molecule has 5 rings (SSSR count). The number of aromatic amines is 1. The summed E-state index contributed by atoms with van der Waals surface area (Å²) < 4.78 is 6.04. The molecule has 0 radical (unpaired) electrons. The molecule has 0 aliphatic rings. The third-order valence-corrected chi connectivity index (χ3v) is 5.42. The molecule has 5 aromatic rings. The van der Waals surface area contributed by atoms with Crippen LogP contribution in [0.4, 0.5) is 0 Å². The third kappa shape index (κ3) is 2.85. The quantitative estimate of drug-likeness (QED) is 0.489. The Morgan fingerprint density at radius 2 is 1.73 bits per heavy atom. The number of benzene rings is 3. The Hall–Kier alpha value is -3.93. The first-order valence-corrected chi connectivity index (χ1v) is 9.67. The summed E-state index contributed by atoms with van der Waals surface area (Å²) in [7, 11) is 1.67. The molecule has 2 heterocycles. The van der Waals surface area contributed by atoms with Crippen LogP contribution in [-0.4, -0.2) is 27.8 Å². The molecule has 6 nitrogen and oxygen atoms in total. The monoisotopic (exact) mass is 397 g/mol. The Morgan fingerprint density at radius 1 is 1.00 bits per heavy atom. The number of carbonyl (C=O) groups excluding carboxylic acids is 1. The summed E-state index contributed by atoms with van der Waals surface area (Å²) in [4.78, 5) is 34.2. The zero-order valence-electron chi connectivity index (χ0n) is 16.6. The van der Waals surface area contributed by atoms with Crippen LogP contribution in [0.25, 0.3) is 32.6 Å². The minimum Gasteiger partial charge on any atom is -0.450 e. The predicted octanol–water partition coefficient (Wildman–Crippen LogP) is 4.40. The minimum absolute atomic E-state index is 0.163. The molecule has 30 heavy (non-hydrogen) atoms. The summed E-state index contributed by atoms with van der Waals surface area (Å²) in [5, 5.41) is 3.47. The van der Waals surface area contributed by atoms with Crippen molar-refractivity contribution in [2.75, 3.05) is 7.05 Å². The summed E-state index contributed by atoms with van der Waals surface area (Å²) in [6, 6.07) is 19.1. The maximum absolute atomic E-state index is 13.1. The van der Waals surface area contributed by atoms with Crippen molar-refractivity contribution in [2.45, 2.75) is 13.5 Å². The summed E-state index contributed by atoms with van der Waals surface area (Å²) in [5.41, 5.74) is 1.89. The molecule has 0 unspecified atom stereocenters. The second kappa shape index (κ2) is 6.84. The molecule has 0 aliphatic carbocycles. The first kappa shape index (κ1) is 18.1. The second-order valence-corrected chi connectivity index (χ2v) is 7.41. The molecule has 3 aromatic carbocycles. The molecule has 0 bridgehead atoms. The number of aromatic nitrogens is 2. The molecule has 0 fully saturated rings. The summed E-state index contributed by atoms with van der Waals surface area (Å²) in [6.07, 6.45) is 0. The largest absolute Gasteiger partial charge is 0.450 e. The zero-order valence-corrected chi connectivity index (χ0v) is 16.6. The second-order valence-electron chi connectivity index (χ2n) is 7.41. The van der Waals surface area contributed by atoms with Gasteiger partial charge in [-0.1, -0.05) is 48.5 Å². The van der Waals surface area contributed by atoms with Crippen molar-refractivity contribution in [3.8, 4) is 0 Å². The SMILES string of the molecule is Cc1c(C(=O)N(C)Cc2nc3ccccc3c(=O)[nH]2)oc2c1ccc1ccccc12. The number of para-hydroxylation sites is 1. The van der Waals surface area contributed by atoms with E-state index in [1.165, 1.54) is 4.90 Å². The molecule has 6 heteroatoms. The van der Waals surface area contributed by atoms with Crippen LogP contribution in [0.2, 0.25) is 0 Å². The fourth-order valence-electron chi connectivity index (χ4n) is 3.83. The third-order valence-electron chi connectivity index (χ3n) is 5.42. The molecule has 148 valence electrons. The first-order chi connectivity index (χ1) is 14.5.